The van der Waals surface area contributed by atoms with E-state index in [0.717, 1.165) is 24.5 Å². The van der Waals surface area contributed by atoms with E-state index < -0.39 is 5.97 Å². The van der Waals surface area contributed by atoms with Crippen LogP contribution in [0.3, 0.4) is 0 Å². The summed E-state index contributed by atoms with van der Waals surface area (Å²) in [4.78, 5) is 22.4. The quantitative estimate of drug-likeness (QED) is 0.786. The van der Waals surface area contributed by atoms with E-state index in [9.17, 15) is 9.59 Å². The zero-order chi connectivity index (χ0) is 15.2. The number of carbonyl (C=O) groups is 2. The van der Waals surface area contributed by atoms with Gasteiger partial charge in [0.05, 0.1) is 6.10 Å². The summed E-state index contributed by atoms with van der Waals surface area (Å²) >= 11 is 0. The Morgan fingerprint density at radius 2 is 2.00 bits per heavy atom. The van der Waals surface area contributed by atoms with Gasteiger partial charge in [-0.25, -0.2) is 4.79 Å². The number of aliphatic carboxylic acids is 1. The summed E-state index contributed by atoms with van der Waals surface area (Å²) in [6, 6.07) is 7.00. The van der Waals surface area contributed by atoms with E-state index in [1.54, 1.807) is 24.3 Å². The monoisotopic (exact) mass is 289 g/mol. The van der Waals surface area contributed by atoms with Gasteiger partial charge < -0.3 is 15.2 Å². The van der Waals surface area contributed by atoms with Crippen molar-refractivity contribution in [3.8, 4) is 0 Å². The minimum atomic E-state index is -0.995. The molecule has 1 aromatic rings. The highest BCUT2D eigenvalue weighted by atomic mass is 16.5. The number of carboxylic acid groups (broad SMARTS) is 1. The molecule has 0 unspecified atom stereocenters. The molecular formula is C16H19NO4. The van der Waals surface area contributed by atoms with Crippen LogP contribution in [-0.2, 0) is 9.53 Å². The van der Waals surface area contributed by atoms with Crippen molar-refractivity contribution in [1.29, 1.82) is 0 Å². The molecule has 1 saturated carbocycles. The van der Waals surface area contributed by atoms with Crippen molar-refractivity contribution in [3.63, 3.8) is 0 Å². The fraction of sp³-hybridized carbons (Fsp3) is 0.375. The molecule has 21 heavy (non-hydrogen) atoms. The van der Waals surface area contributed by atoms with Crippen molar-refractivity contribution < 1.29 is 19.4 Å². The topological polar surface area (TPSA) is 75.6 Å². The molecule has 0 saturated heterocycles. The van der Waals surface area contributed by atoms with Gasteiger partial charge in [0, 0.05) is 24.3 Å². The van der Waals surface area contributed by atoms with Gasteiger partial charge in [-0.3, -0.25) is 4.79 Å². The number of rotatable bonds is 6. The molecule has 2 rings (SSSR count). The number of carboxylic acids is 1. The molecule has 0 spiro atoms. The molecule has 0 atom stereocenters. The summed E-state index contributed by atoms with van der Waals surface area (Å²) in [5.41, 5.74) is 1.32. The molecule has 0 radical (unpaired) electrons. The lowest BCUT2D eigenvalue weighted by molar-refractivity contribution is -0.131. The lowest BCUT2D eigenvalue weighted by Gasteiger charge is -2.35. The zero-order valence-corrected chi connectivity index (χ0v) is 11.9. The van der Waals surface area contributed by atoms with Crippen LogP contribution in [0, 0.1) is 0 Å². The van der Waals surface area contributed by atoms with Gasteiger partial charge in [-0.1, -0.05) is 12.1 Å². The Balaban J connectivity index is 1.85. The first-order valence-electron chi connectivity index (χ1n) is 7.02. The minimum absolute atomic E-state index is 0.108. The third-order valence-electron chi connectivity index (χ3n) is 3.42. The van der Waals surface area contributed by atoms with Gasteiger partial charge in [0.25, 0.3) is 5.91 Å². The van der Waals surface area contributed by atoms with E-state index in [0.29, 0.717) is 12.2 Å². The highest BCUT2D eigenvalue weighted by molar-refractivity contribution is 5.94. The van der Waals surface area contributed by atoms with E-state index in [1.807, 2.05) is 6.92 Å². The highest BCUT2D eigenvalue weighted by Crippen LogP contribution is 2.23. The fourth-order valence-electron chi connectivity index (χ4n) is 2.24. The molecule has 0 bridgehead atoms. The lowest BCUT2D eigenvalue weighted by Crippen LogP contribution is -2.47. The Kier molecular flexibility index (Phi) is 5.11. The maximum atomic E-state index is 12.0. The van der Waals surface area contributed by atoms with Crippen LogP contribution < -0.4 is 5.32 Å². The van der Waals surface area contributed by atoms with Crippen molar-refractivity contribution in [2.45, 2.75) is 31.9 Å². The van der Waals surface area contributed by atoms with Gasteiger partial charge in [0.15, 0.2) is 0 Å². The summed E-state index contributed by atoms with van der Waals surface area (Å²) in [7, 11) is 0. The van der Waals surface area contributed by atoms with Gasteiger partial charge in [0.1, 0.15) is 0 Å². The first-order valence-corrected chi connectivity index (χ1v) is 7.02. The maximum absolute atomic E-state index is 12.0. The number of nitrogens with one attached hydrogen (secondary N) is 1. The largest absolute Gasteiger partial charge is 0.478 e. The second-order valence-corrected chi connectivity index (χ2v) is 5.01. The van der Waals surface area contributed by atoms with E-state index in [2.05, 4.69) is 5.32 Å². The van der Waals surface area contributed by atoms with Gasteiger partial charge >= 0.3 is 5.97 Å². The predicted molar refractivity (Wildman–Crippen MR) is 79.0 cm³/mol. The number of carbonyl (C=O) groups excluding carboxylic acids is 1. The van der Waals surface area contributed by atoms with Crippen LogP contribution in [0.1, 0.15) is 35.7 Å². The number of hydrogen-bond donors (Lipinski definition) is 2. The maximum Gasteiger partial charge on any atom is 0.328 e. The second-order valence-electron chi connectivity index (χ2n) is 5.01. The average Bonchev–Trinajstić information content (AvgIpc) is 2.43. The van der Waals surface area contributed by atoms with Gasteiger partial charge in [-0.2, -0.15) is 0 Å². The van der Waals surface area contributed by atoms with E-state index in [-0.39, 0.29) is 18.1 Å². The number of ether oxygens (including phenoxy) is 1. The number of hydrogen-bond acceptors (Lipinski definition) is 3. The van der Waals surface area contributed by atoms with Crippen molar-refractivity contribution >= 4 is 18.0 Å². The molecule has 112 valence electrons. The molecule has 0 aromatic heterocycles. The average molecular weight is 289 g/mol. The normalized spacial score (nSPS) is 21.0. The van der Waals surface area contributed by atoms with E-state index in [4.69, 9.17) is 9.84 Å². The predicted octanol–water partition coefficient (Wildman–Crippen LogP) is 2.08. The van der Waals surface area contributed by atoms with Crippen LogP contribution in [0.25, 0.3) is 6.08 Å². The Morgan fingerprint density at radius 1 is 1.33 bits per heavy atom. The first kappa shape index (κ1) is 15.3. The summed E-state index contributed by atoms with van der Waals surface area (Å²) in [6.07, 6.45) is 4.54. The van der Waals surface area contributed by atoms with Crippen molar-refractivity contribution in [1.82, 2.24) is 5.32 Å². The smallest absolute Gasteiger partial charge is 0.328 e. The summed E-state index contributed by atoms with van der Waals surface area (Å²) in [5.74, 6) is -1.10. The van der Waals surface area contributed by atoms with Crippen LogP contribution >= 0.6 is 0 Å². The molecule has 5 nitrogen and oxygen atoms in total. The third-order valence-corrected chi connectivity index (χ3v) is 3.42. The molecule has 0 aliphatic heterocycles. The van der Waals surface area contributed by atoms with Crippen LogP contribution in [0.5, 0.6) is 0 Å². The highest BCUT2D eigenvalue weighted by Gasteiger charge is 2.30. The van der Waals surface area contributed by atoms with Gasteiger partial charge in [-0.15, -0.1) is 0 Å². The molecule has 2 N–H and O–H groups in total. The molecule has 1 aliphatic rings. The molecule has 5 heteroatoms. The van der Waals surface area contributed by atoms with Crippen LogP contribution in [0.15, 0.2) is 30.3 Å². The van der Waals surface area contributed by atoms with Crippen molar-refractivity contribution in [2.24, 2.45) is 0 Å². The van der Waals surface area contributed by atoms with Crippen molar-refractivity contribution in [3.05, 3.63) is 41.5 Å². The van der Waals surface area contributed by atoms with Crippen molar-refractivity contribution in [2.75, 3.05) is 6.61 Å². The Morgan fingerprint density at radius 3 is 2.57 bits per heavy atom. The van der Waals surface area contributed by atoms with E-state index >= 15 is 0 Å². The van der Waals surface area contributed by atoms with Crippen LogP contribution in [0.4, 0.5) is 0 Å². The summed E-state index contributed by atoms with van der Waals surface area (Å²) in [6.45, 7) is 2.67. The van der Waals surface area contributed by atoms with Crippen LogP contribution in [0.2, 0.25) is 0 Å². The van der Waals surface area contributed by atoms with E-state index in [1.165, 1.54) is 6.08 Å². The lowest BCUT2D eigenvalue weighted by atomic mass is 9.89. The van der Waals surface area contributed by atoms with Crippen LogP contribution in [-0.4, -0.2) is 35.7 Å². The zero-order valence-electron chi connectivity index (χ0n) is 11.9. The number of amides is 1. The Labute approximate surface area is 123 Å². The fourth-order valence-corrected chi connectivity index (χ4v) is 2.24. The molecule has 1 aromatic carbocycles. The number of benzene rings is 1. The first-order chi connectivity index (χ1) is 10.1. The molecule has 1 amide bonds. The van der Waals surface area contributed by atoms with Gasteiger partial charge in [0.2, 0.25) is 0 Å². The Bertz CT molecular complexity index is 530. The molecular weight excluding hydrogens is 270 g/mol. The summed E-state index contributed by atoms with van der Waals surface area (Å²) in [5, 5.41) is 11.5. The molecule has 0 heterocycles. The molecule has 1 fully saturated rings. The third kappa shape index (κ3) is 4.43. The standard InChI is InChI=1S/C16H19NO4/c1-2-21-14-9-13(10-14)17-16(20)12-6-3-11(4-7-12)5-8-15(18)19/h3-8,13-14H,2,9-10H2,1H3,(H,17,20)(H,18,19)/b8-5+. The minimum Gasteiger partial charge on any atom is -0.478 e. The van der Waals surface area contributed by atoms with Gasteiger partial charge in [-0.05, 0) is 43.5 Å². The summed E-state index contributed by atoms with van der Waals surface area (Å²) < 4.78 is 5.45. The second kappa shape index (κ2) is 7.04. The Hall–Kier alpha value is -2.14. The molecule has 1 aliphatic carbocycles. The SMILES string of the molecule is CCOC1CC(NC(=O)c2ccc(/C=C/C(=O)O)cc2)C1.